The lowest BCUT2D eigenvalue weighted by molar-refractivity contribution is -0.138. The second-order valence-electron chi connectivity index (χ2n) is 7.56. The summed E-state index contributed by atoms with van der Waals surface area (Å²) in [4.78, 5) is 12.5. The fraction of sp³-hybridized carbons (Fsp3) is 0.409. The lowest BCUT2D eigenvalue weighted by Gasteiger charge is -2.48. The van der Waals surface area contributed by atoms with E-state index in [1.54, 1.807) is 0 Å². The average Bonchev–Trinajstić information content (AvgIpc) is 2.77. The second kappa shape index (κ2) is 10.3. The van der Waals surface area contributed by atoms with Gasteiger partial charge in [-0.25, -0.2) is 14.8 Å². The predicted molar refractivity (Wildman–Crippen MR) is 117 cm³/mol. The van der Waals surface area contributed by atoms with E-state index in [9.17, 15) is 31.1 Å². The van der Waals surface area contributed by atoms with Crippen molar-refractivity contribution in [3.63, 3.8) is 0 Å². The number of benzene rings is 2. The van der Waals surface area contributed by atoms with Crippen LogP contribution in [0.15, 0.2) is 48.5 Å². The van der Waals surface area contributed by atoms with Crippen LogP contribution in [0.1, 0.15) is 42.7 Å². The van der Waals surface area contributed by atoms with E-state index in [0.717, 1.165) is 54.2 Å². The monoisotopic (exact) mass is 507 g/mol. The van der Waals surface area contributed by atoms with Crippen molar-refractivity contribution >= 4 is 23.5 Å². The number of amides is 2. The first-order chi connectivity index (χ1) is 15.9. The largest absolute Gasteiger partial charge is 0.416 e. The minimum atomic E-state index is -4.62. The van der Waals surface area contributed by atoms with Gasteiger partial charge < -0.3 is 10.5 Å². The Kier molecular flexibility index (Phi) is 7.91. The highest BCUT2D eigenvalue weighted by molar-refractivity contribution is 7.99. The van der Waals surface area contributed by atoms with Crippen molar-refractivity contribution in [1.82, 2.24) is 5.01 Å². The Morgan fingerprint density at radius 2 is 1.71 bits per heavy atom. The van der Waals surface area contributed by atoms with E-state index in [0.29, 0.717) is 5.75 Å². The highest BCUT2D eigenvalue weighted by Crippen LogP contribution is 2.40. The summed E-state index contributed by atoms with van der Waals surface area (Å²) in [5.74, 6) is 0.656. The molecule has 0 radical (unpaired) electrons. The Balaban J connectivity index is 2.07. The number of hydrogen-bond donors (Lipinski definition) is 1. The number of carbonyl (C=O) groups excluding carboxylic acids is 1. The minimum Gasteiger partial charge on any atom is -0.350 e. The van der Waals surface area contributed by atoms with Crippen molar-refractivity contribution in [3.05, 3.63) is 65.2 Å². The van der Waals surface area contributed by atoms with Gasteiger partial charge in [-0.3, -0.25) is 0 Å². The molecule has 1 aliphatic heterocycles. The van der Waals surface area contributed by atoms with Crippen LogP contribution in [0.3, 0.4) is 0 Å². The fourth-order valence-corrected chi connectivity index (χ4v) is 4.71. The molecule has 1 fully saturated rings. The number of carbonyl (C=O) groups is 1. The van der Waals surface area contributed by atoms with Crippen LogP contribution >= 0.6 is 11.8 Å². The zero-order chi connectivity index (χ0) is 25.1. The summed E-state index contributed by atoms with van der Waals surface area (Å²) in [6, 6.07) is 7.36. The molecule has 0 spiro atoms. The number of hydrogen-bond acceptors (Lipinski definition) is 4. The van der Waals surface area contributed by atoms with Gasteiger partial charge in [-0.1, -0.05) is 25.5 Å². The highest BCUT2D eigenvalue weighted by Gasteiger charge is 2.41. The van der Waals surface area contributed by atoms with Crippen molar-refractivity contribution in [2.45, 2.75) is 43.7 Å². The van der Waals surface area contributed by atoms with Gasteiger partial charge in [0.15, 0.2) is 6.23 Å². The number of urea groups is 1. The van der Waals surface area contributed by atoms with Crippen LogP contribution in [0.2, 0.25) is 0 Å². The van der Waals surface area contributed by atoms with Gasteiger partial charge in [0.2, 0.25) is 0 Å². The molecule has 0 aliphatic carbocycles. The molecule has 0 saturated carbocycles. The topological polar surface area (TPSA) is 58.8 Å². The Morgan fingerprint density at radius 1 is 1.06 bits per heavy atom. The van der Waals surface area contributed by atoms with E-state index in [4.69, 9.17) is 10.5 Å². The molecule has 1 saturated heterocycles. The van der Waals surface area contributed by atoms with E-state index in [2.05, 4.69) is 0 Å². The van der Waals surface area contributed by atoms with Crippen LogP contribution < -0.4 is 10.7 Å². The fourth-order valence-electron chi connectivity index (χ4n) is 3.47. The first-order valence-corrected chi connectivity index (χ1v) is 11.4. The number of unbranched alkanes of at least 4 members (excludes halogenated alkanes) is 1. The van der Waals surface area contributed by atoms with Gasteiger partial charge in [-0.2, -0.15) is 26.3 Å². The van der Waals surface area contributed by atoms with Gasteiger partial charge >= 0.3 is 18.4 Å². The lowest BCUT2D eigenvalue weighted by atomic mass is 10.1. The van der Waals surface area contributed by atoms with E-state index in [-0.39, 0.29) is 17.9 Å². The van der Waals surface area contributed by atoms with E-state index >= 15 is 0 Å². The maximum Gasteiger partial charge on any atom is 0.416 e. The molecule has 3 rings (SSSR count). The van der Waals surface area contributed by atoms with Crippen LogP contribution in [-0.4, -0.2) is 28.8 Å². The number of halogens is 6. The van der Waals surface area contributed by atoms with Crippen molar-refractivity contribution in [2.24, 2.45) is 5.73 Å². The number of rotatable bonds is 6. The van der Waals surface area contributed by atoms with Crippen molar-refractivity contribution in [3.8, 4) is 0 Å². The summed E-state index contributed by atoms with van der Waals surface area (Å²) in [6.45, 7) is 1.96. The number of nitrogens with zero attached hydrogens (tertiary/aromatic N) is 2. The Hall–Kier alpha value is -2.60. The molecule has 2 aromatic carbocycles. The summed E-state index contributed by atoms with van der Waals surface area (Å²) in [7, 11) is 0. The zero-order valence-corrected chi connectivity index (χ0v) is 18.9. The maximum atomic E-state index is 13.3. The minimum absolute atomic E-state index is 0.0324. The number of alkyl halides is 6. The summed E-state index contributed by atoms with van der Waals surface area (Å²) < 4.78 is 85.0. The Labute approximate surface area is 196 Å². The molecule has 12 heteroatoms. The highest BCUT2D eigenvalue weighted by atomic mass is 32.2. The molecule has 2 N–H and O–H groups in total. The number of nitrogens with two attached hydrogens (primary N) is 1. The molecule has 0 aromatic heterocycles. The van der Waals surface area contributed by atoms with Crippen LogP contribution in [0.5, 0.6) is 0 Å². The molecule has 1 aliphatic rings. The van der Waals surface area contributed by atoms with E-state index in [1.165, 1.54) is 28.9 Å². The molecule has 5 nitrogen and oxygen atoms in total. The van der Waals surface area contributed by atoms with Crippen LogP contribution in [0.25, 0.3) is 0 Å². The van der Waals surface area contributed by atoms with Crippen molar-refractivity contribution < 1.29 is 35.9 Å². The zero-order valence-electron chi connectivity index (χ0n) is 18.1. The Bertz CT molecular complexity index is 984. The van der Waals surface area contributed by atoms with Crippen LogP contribution in [-0.2, 0) is 17.1 Å². The first kappa shape index (κ1) is 26.0. The second-order valence-corrected chi connectivity index (χ2v) is 8.85. The molecule has 2 amide bonds. The quantitative estimate of drug-likeness (QED) is 0.362. The van der Waals surface area contributed by atoms with Crippen LogP contribution in [0, 0.1) is 0 Å². The number of ether oxygens (including phenoxy) is 1. The summed E-state index contributed by atoms with van der Waals surface area (Å²) in [5.41, 5.74) is 3.98. The van der Waals surface area contributed by atoms with Gasteiger partial charge in [-0.15, -0.1) is 11.8 Å². The SMILES string of the molecule is CCCCSC1COC(c2cccc(C(F)(F)F)c2)N(c2ccc(C(F)(F)F)cc2)N1C(N)=O. The Morgan fingerprint density at radius 3 is 2.26 bits per heavy atom. The molecule has 2 unspecified atom stereocenters. The van der Waals surface area contributed by atoms with Gasteiger partial charge in [0.25, 0.3) is 0 Å². The van der Waals surface area contributed by atoms with E-state index < -0.39 is 41.1 Å². The van der Waals surface area contributed by atoms with Crippen LogP contribution in [0.4, 0.5) is 36.8 Å². The molecule has 34 heavy (non-hydrogen) atoms. The third kappa shape index (κ3) is 5.90. The summed E-state index contributed by atoms with van der Waals surface area (Å²) in [5, 5.41) is 1.73. The lowest BCUT2D eigenvalue weighted by Crippen LogP contribution is -2.60. The standard InChI is InChI=1S/C22H23F6N3O2S/c1-2-3-11-34-18-13-33-19(14-5-4-6-16(12-14)22(26,27)28)30(31(18)20(29)32)17-9-7-15(8-10-17)21(23,24)25/h4-10,12,18-19H,2-3,11,13H2,1H3,(H2,29,32). The van der Waals surface area contributed by atoms with Crippen molar-refractivity contribution in [1.29, 1.82) is 0 Å². The molecule has 2 aromatic rings. The van der Waals surface area contributed by atoms with Gasteiger partial charge in [0.1, 0.15) is 5.37 Å². The predicted octanol–water partition coefficient (Wildman–Crippen LogP) is 6.41. The average molecular weight is 508 g/mol. The van der Waals surface area contributed by atoms with Gasteiger partial charge in [0.05, 0.1) is 23.4 Å². The number of anilines is 1. The summed E-state index contributed by atoms with van der Waals surface area (Å²) in [6.07, 6.45) is -8.70. The normalized spacial score (nSPS) is 19.4. The molecular formula is C22H23F6N3O2S. The smallest absolute Gasteiger partial charge is 0.350 e. The number of thioether (sulfide) groups is 1. The first-order valence-electron chi connectivity index (χ1n) is 10.4. The number of hydrazine groups is 1. The van der Waals surface area contributed by atoms with Gasteiger partial charge in [-0.05, 0) is 48.6 Å². The van der Waals surface area contributed by atoms with Gasteiger partial charge in [0, 0.05) is 5.56 Å². The molecule has 0 bridgehead atoms. The molecular weight excluding hydrogens is 484 g/mol. The maximum absolute atomic E-state index is 13.3. The third-order valence-corrected chi connectivity index (χ3v) is 6.36. The van der Waals surface area contributed by atoms with E-state index in [1.807, 2.05) is 6.92 Å². The third-order valence-electron chi connectivity index (χ3n) is 5.12. The molecule has 2 atom stereocenters. The molecule has 186 valence electrons. The molecule has 1 heterocycles. The summed E-state index contributed by atoms with van der Waals surface area (Å²) >= 11 is 1.37. The number of primary amides is 1. The van der Waals surface area contributed by atoms with Crippen molar-refractivity contribution in [2.75, 3.05) is 17.4 Å².